The Morgan fingerprint density at radius 1 is 0.947 bits per heavy atom. The number of hydrogen-bond donors (Lipinski definition) is 1. The Hall–Kier alpha value is -2.14. The summed E-state index contributed by atoms with van der Waals surface area (Å²) < 4.78 is 23.1. The van der Waals surface area contributed by atoms with Crippen LogP contribution in [0.3, 0.4) is 0 Å². The second-order valence-corrected chi connectivity index (χ2v) is 6.49. The first-order valence-electron chi connectivity index (χ1n) is 5.72. The van der Waals surface area contributed by atoms with Crippen LogP contribution in [0.1, 0.15) is 0 Å². The van der Waals surface area contributed by atoms with Gasteiger partial charge >= 0.3 is 0 Å². The molecule has 96 valence electrons. The van der Waals surface area contributed by atoms with Crippen molar-refractivity contribution >= 4 is 31.6 Å². The van der Waals surface area contributed by atoms with Gasteiger partial charge < -0.3 is 4.98 Å². The average molecular weight is 273 g/mol. The first kappa shape index (κ1) is 11.9. The van der Waals surface area contributed by atoms with E-state index in [0.717, 1.165) is 11.8 Å². The smallest absolute Gasteiger partial charge is 0.197 e. The summed E-state index contributed by atoms with van der Waals surface area (Å²) in [4.78, 5) is 15.6. The van der Waals surface area contributed by atoms with Crippen LogP contribution in [0.15, 0.2) is 52.2 Å². The molecule has 1 heterocycles. The minimum atomic E-state index is -3.32. The molecule has 0 bridgehead atoms. The van der Waals surface area contributed by atoms with Crippen LogP contribution in [0.2, 0.25) is 0 Å². The van der Waals surface area contributed by atoms with Crippen LogP contribution in [-0.4, -0.2) is 19.7 Å². The van der Waals surface area contributed by atoms with Gasteiger partial charge in [-0.05, 0) is 30.3 Å². The molecule has 3 rings (SSSR count). The molecule has 0 amide bonds. The molecule has 0 fully saturated rings. The lowest BCUT2D eigenvalue weighted by Crippen LogP contribution is -2.06. The average Bonchev–Trinajstić information content (AvgIpc) is 2.37. The van der Waals surface area contributed by atoms with Gasteiger partial charge in [-0.2, -0.15) is 0 Å². The van der Waals surface area contributed by atoms with Gasteiger partial charge in [0.15, 0.2) is 15.3 Å². The van der Waals surface area contributed by atoms with Crippen LogP contribution in [-0.2, 0) is 9.84 Å². The third-order valence-electron chi connectivity index (χ3n) is 3.10. The molecule has 5 heteroatoms. The van der Waals surface area contributed by atoms with Crippen molar-refractivity contribution in [3.05, 3.63) is 52.7 Å². The highest BCUT2D eigenvalue weighted by atomic mass is 32.2. The fraction of sp³-hybridized carbons (Fsp3) is 0.0714. The van der Waals surface area contributed by atoms with Gasteiger partial charge in [-0.15, -0.1) is 0 Å². The first-order chi connectivity index (χ1) is 8.97. The van der Waals surface area contributed by atoms with Gasteiger partial charge in [0.25, 0.3) is 0 Å². The van der Waals surface area contributed by atoms with Crippen LogP contribution in [0.4, 0.5) is 0 Å². The molecule has 4 nitrogen and oxygen atoms in total. The van der Waals surface area contributed by atoms with Gasteiger partial charge in [0, 0.05) is 28.1 Å². The maximum absolute atomic E-state index is 12.4. The van der Waals surface area contributed by atoms with E-state index >= 15 is 0 Å². The molecule has 3 aromatic rings. The van der Waals surface area contributed by atoms with Gasteiger partial charge in [0.2, 0.25) is 0 Å². The Bertz CT molecular complexity index is 955. The number of aromatic nitrogens is 1. The summed E-state index contributed by atoms with van der Waals surface area (Å²) in [6, 6.07) is 11.7. The molecule has 0 aliphatic heterocycles. The van der Waals surface area contributed by atoms with E-state index in [9.17, 15) is 13.2 Å². The van der Waals surface area contributed by atoms with Crippen molar-refractivity contribution in [1.29, 1.82) is 0 Å². The van der Waals surface area contributed by atoms with Gasteiger partial charge in [0.05, 0.1) is 4.90 Å². The third kappa shape index (κ3) is 1.92. The summed E-state index contributed by atoms with van der Waals surface area (Å²) in [6.07, 6.45) is 1.13. The van der Waals surface area contributed by atoms with Crippen molar-refractivity contribution in [3.8, 4) is 0 Å². The first-order valence-corrected chi connectivity index (χ1v) is 7.61. The molecule has 1 aromatic heterocycles. The predicted molar refractivity (Wildman–Crippen MR) is 75.2 cm³/mol. The van der Waals surface area contributed by atoms with E-state index in [4.69, 9.17) is 0 Å². The second-order valence-electron chi connectivity index (χ2n) is 4.48. The monoisotopic (exact) mass is 273 g/mol. The molecule has 0 saturated heterocycles. The van der Waals surface area contributed by atoms with Crippen molar-refractivity contribution in [3.63, 3.8) is 0 Å². The number of nitrogens with one attached hydrogen (secondary N) is 1. The molecular weight excluding hydrogens is 262 g/mol. The number of H-pyrrole nitrogens is 1. The van der Waals surface area contributed by atoms with E-state index in [1.54, 1.807) is 18.2 Å². The largest absolute Gasteiger partial charge is 0.354 e. The van der Waals surface area contributed by atoms with Crippen molar-refractivity contribution in [1.82, 2.24) is 4.98 Å². The molecular formula is C14H11NO3S. The summed E-state index contributed by atoms with van der Waals surface area (Å²) >= 11 is 0. The maximum atomic E-state index is 12.4. The zero-order valence-corrected chi connectivity index (χ0v) is 11.0. The van der Waals surface area contributed by atoms with Crippen LogP contribution in [0.25, 0.3) is 21.8 Å². The van der Waals surface area contributed by atoms with E-state index in [0.29, 0.717) is 16.3 Å². The van der Waals surface area contributed by atoms with Gasteiger partial charge in [-0.1, -0.05) is 12.1 Å². The van der Waals surface area contributed by atoms with Crippen LogP contribution in [0.5, 0.6) is 0 Å². The number of sulfone groups is 1. The molecule has 0 aliphatic rings. The number of para-hydroxylation sites is 1. The molecule has 2 aromatic carbocycles. The summed E-state index contributed by atoms with van der Waals surface area (Å²) in [6.45, 7) is 0. The van der Waals surface area contributed by atoms with Crippen molar-refractivity contribution in [2.75, 3.05) is 6.26 Å². The molecule has 0 spiro atoms. The molecule has 19 heavy (non-hydrogen) atoms. The lowest BCUT2D eigenvalue weighted by molar-refractivity contribution is 0.602. The summed E-state index contributed by atoms with van der Waals surface area (Å²) in [5.41, 5.74) is 1.22. The van der Waals surface area contributed by atoms with Gasteiger partial charge in [0.1, 0.15) is 0 Å². The molecule has 0 radical (unpaired) electrons. The van der Waals surface area contributed by atoms with Crippen molar-refractivity contribution in [2.45, 2.75) is 4.90 Å². The quantitative estimate of drug-likeness (QED) is 0.690. The highest BCUT2D eigenvalue weighted by Crippen LogP contribution is 2.18. The molecule has 0 atom stereocenters. The fourth-order valence-electron chi connectivity index (χ4n) is 2.13. The normalized spacial score (nSPS) is 12.1. The summed E-state index contributed by atoms with van der Waals surface area (Å²) in [5.74, 6) is 0. The number of aromatic amines is 1. The Labute approximate surface area is 109 Å². The van der Waals surface area contributed by atoms with E-state index in [2.05, 4.69) is 4.98 Å². The van der Waals surface area contributed by atoms with E-state index in [1.807, 2.05) is 12.1 Å². The fourth-order valence-corrected chi connectivity index (χ4v) is 2.78. The number of hydrogen-bond acceptors (Lipinski definition) is 3. The Morgan fingerprint density at radius 3 is 2.37 bits per heavy atom. The van der Waals surface area contributed by atoms with Crippen molar-refractivity contribution in [2.24, 2.45) is 0 Å². The SMILES string of the molecule is CS(=O)(=O)c1ccc2[nH]c3ccccc3c(=O)c2c1. The van der Waals surface area contributed by atoms with E-state index < -0.39 is 9.84 Å². The minimum Gasteiger partial charge on any atom is -0.354 e. The van der Waals surface area contributed by atoms with Crippen LogP contribution >= 0.6 is 0 Å². The highest BCUT2D eigenvalue weighted by molar-refractivity contribution is 7.90. The maximum Gasteiger partial charge on any atom is 0.197 e. The topological polar surface area (TPSA) is 67.0 Å². The zero-order chi connectivity index (χ0) is 13.6. The lowest BCUT2D eigenvalue weighted by atomic mass is 10.1. The number of rotatable bonds is 1. The minimum absolute atomic E-state index is 0.154. The standard InChI is InChI=1S/C14H11NO3S/c1-19(17,18)9-6-7-13-11(8-9)14(16)10-4-2-3-5-12(10)15-13/h2-8H,1H3,(H,15,16). The van der Waals surface area contributed by atoms with E-state index in [1.165, 1.54) is 12.1 Å². The van der Waals surface area contributed by atoms with Crippen LogP contribution in [0, 0.1) is 0 Å². The Balaban J connectivity index is 2.50. The van der Waals surface area contributed by atoms with Crippen LogP contribution < -0.4 is 5.43 Å². The number of fused-ring (bicyclic) bond motifs is 2. The Kier molecular flexibility index (Phi) is 2.46. The molecule has 0 unspecified atom stereocenters. The van der Waals surface area contributed by atoms with Gasteiger partial charge in [-0.25, -0.2) is 8.42 Å². The lowest BCUT2D eigenvalue weighted by Gasteiger charge is -2.04. The summed E-state index contributed by atoms with van der Waals surface area (Å²) in [7, 11) is -3.32. The second kappa shape index (κ2) is 3.93. The predicted octanol–water partition coefficient (Wildman–Crippen LogP) is 2.08. The molecule has 0 saturated carbocycles. The molecule has 1 N–H and O–H groups in total. The Morgan fingerprint density at radius 2 is 1.63 bits per heavy atom. The van der Waals surface area contributed by atoms with Crippen molar-refractivity contribution < 1.29 is 8.42 Å². The summed E-state index contributed by atoms with van der Waals surface area (Å²) in [5, 5.41) is 0.947. The van der Waals surface area contributed by atoms with Gasteiger partial charge in [-0.3, -0.25) is 4.79 Å². The number of benzene rings is 2. The zero-order valence-electron chi connectivity index (χ0n) is 10.2. The van der Waals surface area contributed by atoms with E-state index in [-0.39, 0.29) is 10.3 Å². The third-order valence-corrected chi connectivity index (χ3v) is 4.22. The highest BCUT2D eigenvalue weighted by Gasteiger charge is 2.10. The number of pyridine rings is 1. The molecule has 0 aliphatic carbocycles.